The van der Waals surface area contributed by atoms with Gasteiger partial charge in [-0.1, -0.05) is 18.2 Å². The second-order valence-electron chi connectivity index (χ2n) is 5.03. The number of alkyl halides is 3. The predicted octanol–water partition coefficient (Wildman–Crippen LogP) is 1.68. The number of nitrogens with one attached hydrogen (secondary N) is 2. The minimum absolute atomic E-state index is 0.0595. The third-order valence-electron chi connectivity index (χ3n) is 3.24. The fraction of sp³-hybridized carbons (Fsp3) is 0.267. The van der Waals surface area contributed by atoms with Gasteiger partial charge in [-0.15, -0.1) is 0 Å². The van der Waals surface area contributed by atoms with Crippen molar-refractivity contribution in [3.05, 3.63) is 41.5 Å². The molecule has 1 aromatic heterocycles. The number of halogens is 3. The van der Waals surface area contributed by atoms with Crippen LogP contribution >= 0.6 is 0 Å². The molecule has 0 fully saturated rings. The number of ether oxygens (including phenoxy) is 2. The number of methoxy groups -OCH3 is 2. The molecule has 0 unspecified atom stereocenters. The molecule has 0 aliphatic heterocycles. The summed E-state index contributed by atoms with van der Waals surface area (Å²) in [4.78, 5) is 7.96. The van der Waals surface area contributed by atoms with Crippen LogP contribution in [-0.2, 0) is 31.9 Å². The molecule has 1 aromatic carbocycles. The number of rotatable bonds is 5. The predicted molar refractivity (Wildman–Crippen MR) is 98.3 cm³/mol. The SMILES string of the molecule is COc1cc(OC)nc(NC(NCc2ccccc2C(F)(F)F)=S=S(=O)=O)n1. The number of hydrogen-bond donors (Lipinski definition) is 2. The zero-order chi connectivity index (χ0) is 20.7. The summed E-state index contributed by atoms with van der Waals surface area (Å²) < 4.78 is 71.4. The number of nitrogens with zero attached hydrogens (tertiary/aromatic N) is 2. The van der Waals surface area contributed by atoms with E-state index >= 15 is 0 Å². The first-order chi connectivity index (χ1) is 13.2. The lowest BCUT2D eigenvalue weighted by atomic mass is 10.1. The van der Waals surface area contributed by atoms with E-state index in [0.717, 1.165) is 6.07 Å². The molecule has 0 radical (unpaired) electrons. The maximum atomic E-state index is 13.1. The Morgan fingerprint density at radius 2 is 1.75 bits per heavy atom. The topological polar surface area (TPSA) is 102 Å². The van der Waals surface area contributed by atoms with Crippen molar-refractivity contribution in [1.82, 2.24) is 15.3 Å². The molecular formula is C15H15F3N4O4S2. The van der Waals surface area contributed by atoms with Crippen molar-refractivity contribution in [2.24, 2.45) is 0 Å². The van der Waals surface area contributed by atoms with Crippen LogP contribution in [0.2, 0.25) is 0 Å². The first kappa shape index (κ1) is 21.7. The standard InChI is InChI=1S/C15H15F3N4O4S2/c1-25-11-7-12(26-2)21-13(20-11)22-14(27-28(23)24)19-8-9-5-3-4-6-10(9)15(16,17)18/h3-7,19H,8H2,1-2H3,(H,20,21,22). The Hall–Kier alpha value is -2.64. The van der Waals surface area contributed by atoms with Crippen molar-refractivity contribution < 1.29 is 31.1 Å². The Balaban J connectivity index is 2.30. The molecule has 0 amide bonds. The fourth-order valence-corrected chi connectivity index (χ4v) is 3.17. The molecule has 1 heterocycles. The molecule has 0 spiro atoms. The summed E-state index contributed by atoms with van der Waals surface area (Å²) in [5.74, 6) is 0.217. The lowest BCUT2D eigenvalue weighted by molar-refractivity contribution is -0.138. The Kier molecular flexibility index (Phi) is 7.37. The van der Waals surface area contributed by atoms with E-state index in [1.54, 1.807) is 0 Å². The highest BCUT2D eigenvalue weighted by atomic mass is 32.8. The molecule has 8 nitrogen and oxygen atoms in total. The molecule has 0 saturated carbocycles. The van der Waals surface area contributed by atoms with Gasteiger partial charge in [-0.3, -0.25) is 5.32 Å². The van der Waals surface area contributed by atoms with Crippen LogP contribution in [0.1, 0.15) is 11.1 Å². The summed E-state index contributed by atoms with van der Waals surface area (Å²) in [6, 6.07) is 6.36. The summed E-state index contributed by atoms with van der Waals surface area (Å²) in [6.45, 7) is -0.288. The molecule has 152 valence electrons. The lowest BCUT2D eigenvalue weighted by Gasteiger charge is -2.14. The van der Waals surface area contributed by atoms with Crippen LogP contribution in [0.3, 0.4) is 0 Å². The molecule has 0 aliphatic rings. The molecule has 0 bridgehead atoms. The minimum atomic E-state index is -4.54. The van der Waals surface area contributed by atoms with Crippen molar-refractivity contribution in [3.8, 4) is 11.8 Å². The van der Waals surface area contributed by atoms with Gasteiger partial charge < -0.3 is 14.8 Å². The zero-order valence-corrected chi connectivity index (χ0v) is 16.2. The quantitative estimate of drug-likeness (QED) is 0.683. The van der Waals surface area contributed by atoms with Gasteiger partial charge in [0.1, 0.15) is 0 Å². The second kappa shape index (κ2) is 9.52. The molecule has 13 heteroatoms. The minimum Gasteiger partial charge on any atom is -0.481 e. The summed E-state index contributed by atoms with van der Waals surface area (Å²) in [5.41, 5.74) is -0.884. The van der Waals surface area contributed by atoms with Gasteiger partial charge in [-0.25, -0.2) is 0 Å². The van der Waals surface area contributed by atoms with Gasteiger partial charge >= 0.3 is 6.18 Å². The molecular weight excluding hydrogens is 421 g/mol. The Morgan fingerprint density at radius 1 is 1.14 bits per heavy atom. The smallest absolute Gasteiger partial charge is 0.416 e. The third-order valence-corrected chi connectivity index (χ3v) is 4.69. The molecule has 2 rings (SSSR count). The monoisotopic (exact) mass is 436 g/mol. The van der Waals surface area contributed by atoms with E-state index in [2.05, 4.69) is 20.6 Å². The molecule has 2 aromatic rings. The second-order valence-corrected chi connectivity index (χ2v) is 7.33. The zero-order valence-electron chi connectivity index (χ0n) is 14.6. The number of anilines is 1. The number of benzene rings is 1. The highest BCUT2D eigenvalue weighted by Crippen LogP contribution is 2.31. The first-order valence-corrected chi connectivity index (χ1v) is 9.91. The molecule has 0 aliphatic carbocycles. The van der Waals surface area contributed by atoms with Crippen molar-refractivity contribution in [1.29, 1.82) is 0 Å². The van der Waals surface area contributed by atoms with Gasteiger partial charge in [0, 0.05) is 16.5 Å². The van der Waals surface area contributed by atoms with Gasteiger partial charge in [0.25, 0.3) is 9.26 Å². The van der Waals surface area contributed by atoms with Crippen LogP contribution in [0.25, 0.3) is 0 Å². The summed E-state index contributed by atoms with van der Waals surface area (Å²) >= 11 is 0. The highest BCUT2D eigenvalue weighted by molar-refractivity contribution is 8.23. The highest BCUT2D eigenvalue weighted by Gasteiger charge is 2.32. The molecule has 28 heavy (non-hydrogen) atoms. The van der Waals surface area contributed by atoms with Crippen molar-refractivity contribution in [3.63, 3.8) is 0 Å². The normalized spacial score (nSPS) is 10.9. The van der Waals surface area contributed by atoms with Crippen molar-refractivity contribution in [2.75, 3.05) is 19.5 Å². The van der Waals surface area contributed by atoms with Crippen LogP contribution in [0.5, 0.6) is 11.8 Å². The van der Waals surface area contributed by atoms with Crippen LogP contribution in [0, 0.1) is 0 Å². The molecule has 2 N–H and O–H groups in total. The van der Waals surface area contributed by atoms with Gasteiger partial charge in [0.05, 0.1) is 25.8 Å². The van der Waals surface area contributed by atoms with E-state index < -0.39 is 21.0 Å². The van der Waals surface area contributed by atoms with Gasteiger partial charge in [-0.05, 0) is 11.6 Å². The summed E-state index contributed by atoms with van der Waals surface area (Å²) in [6.07, 6.45) is -4.54. The Labute approximate surface area is 162 Å². The van der Waals surface area contributed by atoms with E-state index in [1.165, 1.54) is 38.5 Å². The van der Waals surface area contributed by atoms with E-state index in [-0.39, 0.29) is 34.9 Å². The summed E-state index contributed by atoms with van der Waals surface area (Å²) in [5, 5.41) is 5.12. The average Bonchev–Trinajstić information content (AvgIpc) is 2.64. The van der Waals surface area contributed by atoms with Crippen molar-refractivity contribution >= 4 is 30.2 Å². The maximum absolute atomic E-state index is 13.1. The average molecular weight is 436 g/mol. The molecule has 0 saturated heterocycles. The fourth-order valence-electron chi connectivity index (χ4n) is 2.06. The summed E-state index contributed by atoms with van der Waals surface area (Å²) in [7, 11) is 0.453. The maximum Gasteiger partial charge on any atom is 0.416 e. The van der Waals surface area contributed by atoms with E-state index in [9.17, 15) is 21.6 Å². The van der Waals surface area contributed by atoms with E-state index in [4.69, 9.17) is 9.47 Å². The third kappa shape index (κ3) is 6.21. The number of aromatic nitrogens is 2. The van der Waals surface area contributed by atoms with Crippen LogP contribution in [-0.4, -0.2) is 37.7 Å². The Morgan fingerprint density at radius 3 is 2.29 bits per heavy atom. The first-order valence-electron chi connectivity index (χ1n) is 7.50. The number of hydrogen-bond acceptors (Lipinski definition) is 6. The van der Waals surface area contributed by atoms with E-state index in [1.807, 2.05) is 0 Å². The molecule has 0 atom stereocenters. The van der Waals surface area contributed by atoms with Crippen molar-refractivity contribution in [2.45, 2.75) is 12.7 Å². The lowest BCUT2D eigenvalue weighted by Crippen LogP contribution is -2.31. The van der Waals surface area contributed by atoms with Crippen LogP contribution < -0.4 is 20.1 Å². The van der Waals surface area contributed by atoms with Crippen LogP contribution in [0.4, 0.5) is 19.1 Å². The largest absolute Gasteiger partial charge is 0.481 e. The van der Waals surface area contributed by atoms with Gasteiger partial charge in [-0.2, -0.15) is 31.6 Å². The van der Waals surface area contributed by atoms with Crippen LogP contribution in [0.15, 0.2) is 30.3 Å². The van der Waals surface area contributed by atoms with Gasteiger partial charge in [0.2, 0.25) is 17.7 Å². The van der Waals surface area contributed by atoms with Gasteiger partial charge in [0.15, 0.2) is 5.11 Å². The van der Waals surface area contributed by atoms with E-state index in [0.29, 0.717) is 9.91 Å². The Bertz CT molecular complexity index is 992.